The van der Waals surface area contributed by atoms with Crippen molar-refractivity contribution in [2.75, 3.05) is 14.2 Å². The minimum absolute atomic E-state index is 0.292. The quantitative estimate of drug-likeness (QED) is 0.697. The van der Waals surface area contributed by atoms with Crippen molar-refractivity contribution < 1.29 is 19.4 Å². The fourth-order valence-corrected chi connectivity index (χ4v) is 4.70. The van der Waals surface area contributed by atoms with Crippen LogP contribution >= 0.6 is 15.9 Å². The fraction of sp³-hybridized carbons (Fsp3) is 0.526. The van der Waals surface area contributed by atoms with Gasteiger partial charge < -0.3 is 19.1 Å². The zero-order valence-electron chi connectivity index (χ0n) is 14.6. The number of carboxylic acids is 1. The Hall–Kier alpha value is -1.37. The Kier molecular flexibility index (Phi) is 5.81. The molecule has 0 radical (unpaired) electrons. The minimum atomic E-state index is -0.917. The molecule has 0 saturated heterocycles. The van der Waals surface area contributed by atoms with Gasteiger partial charge in [0.2, 0.25) is 0 Å². The molecular formula is C19H24BrNO4. The SMILES string of the molecule is COC(Cn1c(Br)c(C2CCCCC2)c2ccc(C(=O)O)cc21)OC. The van der Waals surface area contributed by atoms with Crippen molar-refractivity contribution in [2.24, 2.45) is 0 Å². The van der Waals surface area contributed by atoms with Crippen molar-refractivity contribution in [3.8, 4) is 0 Å². The van der Waals surface area contributed by atoms with E-state index in [9.17, 15) is 9.90 Å². The van der Waals surface area contributed by atoms with Gasteiger partial charge in [0.15, 0.2) is 6.29 Å². The molecule has 0 spiro atoms. The van der Waals surface area contributed by atoms with Gasteiger partial charge in [0, 0.05) is 19.6 Å². The zero-order valence-corrected chi connectivity index (χ0v) is 16.2. The van der Waals surface area contributed by atoms with E-state index in [0.717, 1.165) is 15.5 Å². The molecule has 1 saturated carbocycles. The van der Waals surface area contributed by atoms with Gasteiger partial charge in [-0.15, -0.1) is 0 Å². The van der Waals surface area contributed by atoms with Crippen molar-refractivity contribution in [1.29, 1.82) is 0 Å². The van der Waals surface area contributed by atoms with Crippen molar-refractivity contribution in [1.82, 2.24) is 4.57 Å². The Morgan fingerprint density at radius 1 is 1.28 bits per heavy atom. The van der Waals surface area contributed by atoms with Gasteiger partial charge in [-0.1, -0.05) is 25.3 Å². The van der Waals surface area contributed by atoms with Crippen molar-refractivity contribution in [2.45, 2.75) is 50.9 Å². The van der Waals surface area contributed by atoms with Crippen molar-refractivity contribution in [3.63, 3.8) is 0 Å². The largest absolute Gasteiger partial charge is 0.478 e. The maximum atomic E-state index is 11.4. The number of rotatable bonds is 6. The van der Waals surface area contributed by atoms with E-state index in [2.05, 4.69) is 20.5 Å². The molecule has 1 heterocycles. The molecule has 5 nitrogen and oxygen atoms in total. The molecule has 1 aromatic carbocycles. The smallest absolute Gasteiger partial charge is 0.335 e. The number of methoxy groups -OCH3 is 2. The number of benzene rings is 1. The van der Waals surface area contributed by atoms with E-state index in [4.69, 9.17) is 9.47 Å². The van der Waals surface area contributed by atoms with Gasteiger partial charge in [-0.05, 0) is 52.4 Å². The monoisotopic (exact) mass is 409 g/mol. The molecule has 2 aromatic rings. The fourth-order valence-electron chi connectivity index (χ4n) is 3.83. The Balaban J connectivity index is 2.15. The summed E-state index contributed by atoms with van der Waals surface area (Å²) in [5.41, 5.74) is 2.49. The maximum absolute atomic E-state index is 11.4. The summed E-state index contributed by atoms with van der Waals surface area (Å²) in [7, 11) is 3.22. The number of hydrogen-bond donors (Lipinski definition) is 1. The summed E-state index contributed by atoms with van der Waals surface area (Å²) >= 11 is 3.78. The van der Waals surface area contributed by atoms with Crippen LogP contribution in [0.15, 0.2) is 22.8 Å². The van der Waals surface area contributed by atoms with Crippen molar-refractivity contribution >= 4 is 32.8 Å². The van der Waals surface area contributed by atoms with E-state index in [1.807, 2.05) is 6.07 Å². The molecule has 0 atom stereocenters. The lowest BCUT2D eigenvalue weighted by Gasteiger charge is -2.22. The minimum Gasteiger partial charge on any atom is -0.478 e. The highest BCUT2D eigenvalue weighted by molar-refractivity contribution is 9.10. The average Bonchev–Trinajstić information content (AvgIpc) is 2.91. The molecular weight excluding hydrogens is 386 g/mol. The molecule has 6 heteroatoms. The first kappa shape index (κ1) is 18.4. The highest BCUT2D eigenvalue weighted by Gasteiger charge is 2.26. The number of aromatic nitrogens is 1. The number of hydrogen-bond acceptors (Lipinski definition) is 3. The first-order valence-electron chi connectivity index (χ1n) is 8.67. The molecule has 1 aliphatic rings. The number of fused-ring (bicyclic) bond motifs is 1. The molecule has 0 unspecified atom stereocenters. The van der Waals surface area contributed by atoms with Gasteiger partial charge in [0.25, 0.3) is 0 Å². The lowest BCUT2D eigenvalue weighted by Crippen LogP contribution is -2.20. The highest BCUT2D eigenvalue weighted by Crippen LogP contribution is 2.42. The number of ether oxygens (including phenoxy) is 2. The van der Waals surface area contributed by atoms with Crippen LogP contribution in [0.4, 0.5) is 0 Å². The number of carboxylic acid groups (broad SMARTS) is 1. The van der Waals surface area contributed by atoms with Gasteiger partial charge in [-0.3, -0.25) is 0 Å². The van der Waals surface area contributed by atoms with E-state index < -0.39 is 5.97 Å². The van der Waals surface area contributed by atoms with E-state index in [1.54, 1.807) is 26.4 Å². The van der Waals surface area contributed by atoms with Crippen LogP contribution in [0, 0.1) is 0 Å². The molecule has 0 amide bonds. The second-order valence-electron chi connectivity index (χ2n) is 6.59. The van der Waals surface area contributed by atoms with E-state index in [0.29, 0.717) is 18.0 Å². The zero-order chi connectivity index (χ0) is 18.0. The summed E-state index contributed by atoms with van der Waals surface area (Å²) < 4.78 is 13.8. The van der Waals surface area contributed by atoms with Crippen LogP contribution in [-0.4, -0.2) is 36.2 Å². The first-order chi connectivity index (χ1) is 12.1. The summed E-state index contributed by atoms with van der Waals surface area (Å²) in [6.45, 7) is 0.500. The normalized spacial score (nSPS) is 16.0. The number of aromatic carboxylic acids is 1. The predicted molar refractivity (Wildman–Crippen MR) is 100 cm³/mol. The maximum Gasteiger partial charge on any atom is 0.335 e. The topological polar surface area (TPSA) is 60.7 Å². The molecule has 0 aliphatic heterocycles. The van der Waals surface area contributed by atoms with E-state index in [1.165, 1.54) is 37.7 Å². The van der Waals surface area contributed by atoms with Crippen molar-refractivity contribution in [3.05, 3.63) is 33.9 Å². The number of nitrogens with zero attached hydrogens (tertiary/aromatic N) is 1. The van der Waals surface area contributed by atoms with Crippen LogP contribution in [0.25, 0.3) is 10.9 Å². The average molecular weight is 410 g/mol. The molecule has 25 heavy (non-hydrogen) atoms. The first-order valence-corrected chi connectivity index (χ1v) is 9.46. The van der Waals surface area contributed by atoms with Gasteiger partial charge >= 0.3 is 5.97 Å². The van der Waals surface area contributed by atoms with Crippen LogP contribution in [-0.2, 0) is 16.0 Å². The van der Waals surface area contributed by atoms with Crippen LogP contribution in [0.3, 0.4) is 0 Å². The molecule has 3 rings (SSSR count). The Bertz CT molecular complexity index is 760. The Morgan fingerprint density at radius 2 is 1.96 bits per heavy atom. The molecule has 136 valence electrons. The molecule has 0 bridgehead atoms. The third-order valence-electron chi connectivity index (χ3n) is 5.16. The summed E-state index contributed by atoms with van der Waals surface area (Å²) in [4.78, 5) is 11.4. The third-order valence-corrected chi connectivity index (χ3v) is 6.01. The lowest BCUT2D eigenvalue weighted by molar-refractivity contribution is -0.110. The summed E-state index contributed by atoms with van der Waals surface area (Å²) in [5, 5.41) is 10.5. The molecule has 1 aromatic heterocycles. The number of carbonyl (C=O) groups is 1. The van der Waals surface area contributed by atoms with Crippen LogP contribution in [0.1, 0.15) is 53.9 Å². The molecule has 1 aliphatic carbocycles. The summed E-state index contributed by atoms with van der Waals surface area (Å²) in [5.74, 6) is -0.411. The van der Waals surface area contributed by atoms with E-state index >= 15 is 0 Å². The second kappa shape index (κ2) is 7.89. The molecule has 1 N–H and O–H groups in total. The third kappa shape index (κ3) is 3.61. The molecule has 1 fully saturated rings. The number of halogens is 1. The van der Waals surface area contributed by atoms with Gasteiger partial charge in [0.05, 0.1) is 22.2 Å². The van der Waals surface area contributed by atoms with Gasteiger partial charge in [-0.2, -0.15) is 0 Å². The standard InChI is InChI=1S/C19H24BrNO4/c1-24-16(25-2)11-21-15-10-13(19(22)23)8-9-14(15)17(18(21)20)12-6-4-3-5-7-12/h8-10,12,16H,3-7,11H2,1-2H3,(H,22,23). The van der Waals surface area contributed by atoms with Gasteiger partial charge in [0.1, 0.15) is 0 Å². The van der Waals surface area contributed by atoms with Crippen LogP contribution in [0.5, 0.6) is 0 Å². The van der Waals surface area contributed by atoms with Gasteiger partial charge in [-0.25, -0.2) is 4.79 Å². The Labute approximate surface area is 156 Å². The summed E-state index contributed by atoms with van der Waals surface area (Å²) in [6.07, 6.45) is 5.75. The lowest BCUT2D eigenvalue weighted by atomic mass is 9.84. The van der Waals surface area contributed by atoms with Crippen LogP contribution in [0.2, 0.25) is 0 Å². The van der Waals surface area contributed by atoms with Crippen LogP contribution < -0.4 is 0 Å². The predicted octanol–water partition coefficient (Wildman–Crippen LogP) is 4.77. The van der Waals surface area contributed by atoms with E-state index in [-0.39, 0.29) is 6.29 Å². The Morgan fingerprint density at radius 3 is 2.56 bits per heavy atom. The summed E-state index contributed by atoms with van der Waals surface area (Å²) in [6, 6.07) is 5.38. The second-order valence-corrected chi connectivity index (χ2v) is 7.34. The highest BCUT2D eigenvalue weighted by atomic mass is 79.9.